The molecule has 0 N–H and O–H groups in total. The van der Waals surface area contributed by atoms with Gasteiger partial charge < -0.3 is 4.48 Å². The second-order valence-corrected chi connectivity index (χ2v) is 11.0. The van der Waals surface area contributed by atoms with Gasteiger partial charge in [-0.15, -0.1) is 0 Å². The Morgan fingerprint density at radius 1 is 0.400 bits per heavy atom. The number of rotatable bonds is 25. The molecule has 30 heavy (non-hydrogen) atoms. The monoisotopic (exact) mass is 488 g/mol. The molecular formula is C28H59BrN+. The van der Waals surface area contributed by atoms with Gasteiger partial charge in [0.15, 0.2) is 0 Å². The van der Waals surface area contributed by atoms with Crippen molar-refractivity contribution in [3.63, 3.8) is 0 Å². The Kier molecular flexibility index (Phi) is 24.4. The third-order valence-electron chi connectivity index (χ3n) is 6.93. The minimum Gasteiger partial charge on any atom is -0.326 e. The summed E-state index contributed by atoms with van der Waals surface area (Å²) in [6, 6.07) is 0. The first kappa shape index (κ1) is 30.4. The standard InChI is InChI=1S/C28H59BrN/c1-4-6-8-10-12-14-16-18-20-22-26-30(3,28-24-25-29)27-23-21-19-17-15-13-11-9-7-5-2/h4-28H2,1-3H3/q+1. The summed E-state index contributed by atoms with van der Waals surface area (Å²) >= 11 is 3.66. The van der Waals surface area contributed by atoms with E-state index in [0.717, 1.165) is 5.33 Å². The zero-order valence-electron chi connectivity index (χ0n) is 21.5. The lowest BCUT2D eigenvalue weighted by molar-refractivity contribution is -0.910. The molecule has 0 atom stereocenters. The molecule has 0 saturated carbocycles. The molecule has 0 bridgehead atoms. The van der Waals surface area contributed by atoms with Crippen LogP contribution in [0.2, 0.25) is 0 Å². The van der Waals surface area contributed by atoms with Crippen molar-refractivity contribution in [2.24, 2.45) is 0 Å². The quantitative estimate of drug-likeness (QED) is 0.0680. The lowest BCUT2D eigenvalue weighted by Gasteiger charge is -2.35. The Morgan fingerprint density at radius 2 is 0.667 bits per heavy atom. The van der Waals surface area contributed by atoms with E-state index < -0.39 is 0 Å². The zero-order valence-corrected chi connectivity index (χ0v) is 23.1. The highest BCUT2D eigenvalue weighted by atomic mass is 79.9. The third kappa shape index (κ3) is 21.7. The van der Waals surface area contributed by atoms with Gasteiger partial charge >= 0.3 is 0 Å². The Hall–Kier alpha value is 0.440. The van der Waals surface area contributed by atoms with Crippen LogP contribution in [0, 0.1) is 0 Å². The Labute approximate surface area is 200 Å². The van der Waals surface area contributed by atoms with Crippen molar-refractivity contribution in [2.45, 2.75) is 149 Å². The molecule has 1 nitrogen and oxygen atoms in total. The van der Waals surface area contributed by atoms with Crippen LogP contribution in [0.3, 0.4) is 0 Å². The van der Waals surface area contributed by atoms with Crippen LogP contribution >= 0.6 is 15.9 Å². The summed E-state index contributed by atoms with van der Waals surface area (Å²) in [6.45, 7) is 8.78. The molecule has 0 rings (SSSR count). The summed E-state index contributed by atoms with van der Waals surface area (Å²) in [4.78, 5) is 0. The van der Waals surface area contributed by atoms with Gasteiger partial charge in [-0.3, -0.25) is 0 Å². The molecule has 0 aliphatic heterocycles. The van der Waals surface area contributed by atoms with Crippen LogP contribution in [-0.2, 0) is 0 Å². The van der Waals surface area contributed by atoms with Gasteiger partial charge in [-0.2, -0.15) is 0 Å². The van der Waals surface area contributed by atoms with Crippen molar-refractivity contribution < 1.29 is 4.48 Å². The van der Waals surface area contributed by atoms with E-state index in [9.17, 15) is 0 Å². The van der Waals surface area contributed by atoms with Crippen LogP contribution in [0.1, 0.15) is 149 Å². The Bertz CT molecular complexity index is 294. The lowest BCUT2D eigenvalue weighted by Crippen LogP contribution is -2.46. The smallest absolute Gasteiger partial charge is 0.0792 e. The van der Waals surface area contributed by atoms with Crippen molar-refractivity contribution in [1.29, 1.82) is 0 Å². The minimum atomic E-state index is 1.16. The second kappa shape index (κ2) is 24.1. The fourth-order valence-electron chi connectivity index (χ4n) is 4.74. The van der Waals surface area contributed by atoms with Gasteiger partial charge in [-0.25, -0.2) is 0 Å². The molecule has 2 heteroatoms. The van der Waals surface area contributed by atoms with E-state index in [0.29, 0.717) is 0 Å². The highest BCUT2D eigenvalue weighted by molar-refractivity contribution is 9.09. The van der Waals surface area contributed by atoms with Crippen LogP contribution in [-0.4, -0.2) is 36.5 Å². The van der Waals surface area contributed by atoms with Gasteiger partial charge in [-0.05, 0) is 25.7 Å². The van der Waals surface area contributed by atoms with Gasteiger partial charge in [-0.1, -0.05) is 133 Å². The first-order valence-electron chi connectivity index (χ1n) is 14.1. The van der Waals surface area contributed by atoms with Gasteiger partial charge in [0.1, 0.15) is 0 Å². The highest BCUT2D eigenvalue weighted by Crippen LogP contribution is 2.16. The molecule has 0 spiro atoms. The van der Waals surface area contributed by atoms with Crippen LogP contribution in [0.4, 0.5) is 0 Å². The molecular weight excluding hydrogens is 430 g/mol. The molecule has 0 aromatic heterocycles. The lowest BCUT2D eigenvalue weighted by atomic mass is 10.1. The maximum atomic E-state index is 3.66. The van der Waals surface area contributed by atoms with Gasteiger partial charge in [0.05, 0.1) is 26.7 Å². The molecule has 0 aromatic rings. The summed E-state index contributed by atoms with van der Waals surface area (Å²) in [5.74, 6) is 0. The fourth-order valence-corrected chi connectivity index (χ4v) is 4.99. The van der Waals surface area contributed by atoms with Gasteiger partial charge in [0.25, 0.3) is 0 Å². The predicted octanol–water partition coefficient (Wildman–Crippen LogP) is 10.1. The van der Waals surface area contributed by atoms with Crippen LogP contribution in [0.15, 0.2) is 0 Å². The molecule has 0 heterocycles. The number of nitrogens with zero attached hydrogens (tertiary/aromatic N) is 1. The van der Waals surface area contributed by atoms with E-state index in [1.54, 1.807) is 0 Å². The third-order valence-corrected chi connectivity index (χ3v) is 7.50. The van der Waals surface area contributed by atoms with E-state index in [1.807, 2.05) is 0 Å². The molecule has 0 aromatic carbocycles. The highest BCUT2D eigenvalue weighted by Gasteiger charge is 2.19. The van der Waals surface area contributed by atoms with E-state index >= 15 is 0 Å². The molecule has 182 valence electrons. The molecule has 0 radical (unpaired) electrons. The molecule has 0 unspecified atom stereocenters. The summed E-state index contributed by atoms with van der Waals surface area (Å²) < 4.78 is 1.32. The van der Waals surface area contributed by atoms with Gasteiger partial charge in [0.2, 0.25) is 0 Å². The summed E-state index contributed by atoms with van der Waals surface area (Å²) in [6.07, 6.45) is 30.3. The molecule has 0 saturated heterocycles. The number of hydrogen-bond donors (Lipinski definition) is 0. The van der Waals surface area contributed by atoms with Crippen molar-refractivity contribution in [3.05, 3.63) is 0 Å². The first-order valence-corrected chi connectivity index (χ1v) is 15.2. The van der Waals surface area contributed by atoms with Crippen molar-refractivity contribution in [3.8, 4) is 0 Å². The topological polar surface area (TPSA) is 0 Å². The second-order valence-electron chi connectivity index (χ2n) is 10.2. The average Bonchev–Trinajstić information content (AvgIpc) is 2.75. The maximum absolute atomic E-state index is 3.66. The number of hydrogen-bond acceptors (Lipinski definition) is 0. The SMILES string of the molecule is CCCCCCCCCCCC[N+](C)(CCCBr)CCCCCCCCCCCC. The van der Waals surface area contributed by atoms with Crippen molar-refractivity contribution >= 4 is 15.9 Å². The summed E-state index contributed by atoms with van der Waals surface area (Å²) in [5.41, 5.74) is 0. The van der Waals surface area contributed by atoms with E-state index in [2.05, 4.69) is 36.8 Å². The summed E-state index contributed by atoms with van der Waals surface area (Å²) in [7, 11) is 2.53. The first-order chi connectivity index (χ1) is 14.7. The van der Waals surface area contributed by atoms with Gasteiger partial charge in [0, 0.05) is 11.8 Å². The molecule has 0 aliphatic carbocycles. The van der Waals surface area contributed by atoms with Crippen LogP contribution in [0.5, 0.6) is 0 Å². The van der Waals surface area contributed by atoms with E-state index in [-0.39, 0.29) is 0 Å². The molecule has 0 fully saturated rings. The maximum Gasteiger partial charge on any atom is 0.0792 e. The van der Waals surface area contributed by atoms with Crippen molar-refractivity contribution in [2.75, 3.05) is 32.0 Å². The van der Waals surface area contributed by atoms with E-state index in [4.69, 9.17) is 0 Å². The number of alkyl halides is 1. The van der Waals surface area contributed by atoms with Crippen molar-refractivity contribution in [1.82, 2.24) is 0 Å². The number of unbranched alkanes of at least 4 members (excludes halogenated alkanes) is 18. The Balaban J connectivity index is 3.72. The number of halogens is 1. The normalized spacial score (nSPS) is 12.0. The summed E-state index contributed by atoms with van der Waals surface area (Å²) in [5, 5.41) is 1.16. The number of quaternary nitrogens is 1. The van der Waals surface area contributed by atoms with Crippen LogP contribution < -0.4 is 0 Å². The molecule has 0 aliphatic rings. The minimum absolute atomic E-state index is 1.16. The fraction of sp³-hybridized carbons (Fsp3) is 1.00. The largest absolute Gasteiger partial charge is 0.326 e. The van der Waals surface area contributed by atoms with E-state index in [1.165, 1.54) is 159 Å². The average molecular weight is 490 g/mol. The molecule has 0 amide bonds. The Morgan fingerprint density at radius 3 is 0.967 bits per heavy atom. The van der Waals surface area contributed by atoms with Crippen LogP contribution in [0.25, 0.3) is 0 Å². The predicted molar refractivity (Wildman–Crippen MR) is 143 cm³/mol. The zero-order chi connectivity index (χ0) is 22.2.